The van der Waals surface area contributed by atoms with E-state index in [9.17, 15) is 19.2 Å². The number of para-hydroxylation sites is 1. The zero-order valence-corrected chi connectivity index (χ0v) is 24.5. The number of hydrogen-bond donors (Lipinski definition) is 0. The number of carbonyl (C=O) groups is 4. The van der Waals surface area contributed by atoms with Crippen molar-refractivity contribution in [3.8, 4) is 5.75 Å². The van der Waals surface area contributed by atoms with E-state index >= 15 is 0 Å². The number of nitrogens with zero attached hydrogens (tertiary/aromatic N) is 2. The van der Waals surface area contributed by atoms with Gasteiger partial charge in [0.2, 0.25) is 17.7 Å². The molecule has 0 N–H and O–H groups in total. The van der Waals surface area contributed by atoms with E-state index in [1.54, 1.807) is 30.0 Å². The summed E-state index contributed by atoms with van der Waals surface area (Å²) in [6, 6.07) is 10.8. The molecule has 2 saturated heterocycles. The molecule has 0 radical (unpaired) electrons. The van der Waals surface area contributed by atoms with Crippen molar-refractivity contribution in [2.45, 2.75) is 43.3 Å². The minimum Gasteiger partial charge on any atom is -0.426 e. The van der Waals surface area contributed by atoms with E-state index in [1.807, 2.05) is 32.0 Å². The Morgan fingerprint density at radius 3 is 2.08 bits per heavy atom. The molecule has 2 aromatic carbocycles. The zero-order valence-electron chi connectivity index (χ0n) is 21.3. The van der Waals surface area contributed by atoms with E-state index < -0.39 is 11.9 Å². The van der Waals surface area contributed by atoms with Gasteiger partial charge >= 0.3 is 5.97 Å². The number of amides is 3. The molecule has 2 saturated carbocycles. The van der Waals surface area contributed by atoms with Gasteiger partial charge in [-0.15, -0.1) is 0 Å². The molecular weight excluding hydrogens is 616 g/mol. The molecular formula is C29H28Br2N2O5. The molecule has 38 heavy (non-hydrogen) atoms. The second kappa shape index (κ2) is 9.30. The number of alkyl halides is 2. The summed E-state index contributed by atoms with van der Waals surface area (Å²) in [6.07, 6.45) is 0.972. The van der Waals surface area contributed by atoms with Crippen LogP contribution < -0.4 is 14.5 Å². The zero-order chi connectivity index (χ0) is 27.0. The van der Waals surface area contributed by atoms with Crippen molar-refractivity contribution >= 4 is 66.9 Å². The van der Waals surface area contributed by atoms with Gasteiger partial charge < -0.3 is 9.64 Å². The van der Waals surface area contributed by atoms with Crippen molar-refractivity contribution < 1.29 is 23.9 Å². The molecule has 9 heteroatoms. The second-order valence-electron chi connectivity index (χ2n) is 11.0. The summed E-state index contributed by atoms with van der Waals surface area (Å²) in [5.41, 5.74) is 4.03. The first-order chi connectivity index (χ1) is 18.1. The second-order valence-corrected chi connectivity index (χ2v) is 13.1. The number of carbonyl (C=O) groups excluding carboxylic acids is 4. The minimum atomic E-state index is -0.576. The van der Waals surface area contributed by atoms with Crippen LogP contribution in [0.15, 0.2) is 36.4 Å². The standard InChI is InChI=1S/C29H28Br2N2O5/c1-13-5-4-6-14(2)26(13)32-12-16(10-21(32)34)29(37)38-17-7-8-20(15(3)9-17)33-27(35)22-18-11-19(23(22)28(33)36)25(31)24(18)30/h4-9,16,18-19,22-25H,10-12H2,1-3H3/t16-,18-,19-,22-,23+,24+,25+/m1/s1. The third-order valence-electron chi connectivity index (χ3n) is 8.78. The fourth-order valence-corrected chi connectivity index (χ4v) is 8.91. The van der Waals surface area contributed by atoms with Crippen molar-refractivity contribution in [2.75, 3.05) is 16.3 Å². The van der Waals surface area contributed by atoms with Gasteiger partial charge in [-0.05, 0) is 73.9 Å². The van der Waals surface area contributed by atoms with Gasteiger partial charge in [0.1, 0.15) is 5.75 Å². The number of fused-ring (bicyclic) bond motifs is 5. The minimum absolute atomic E-state index is 0.0920. The van der Waals surface area contributed by atoms with Gasteiger partial charge in [-0.25, -0.2) is 4.90 Å². The van der Waals surface area contributed by atoms with Crippen LogP contribution in [0.4, 0.5) is 11.4 Å². The average molecular weight is 644 g/mol. The molecule has 4 aliphatic rings. The van der Waals surface area contributed by atoms with Gasteiger partial charge in [-0.2, -0.15) is 0 Å². The predicted octanol–water partition coefficient (Wildman–Crippen LogP) is 4.85. The van der Waals surface area contributed by atoms with Crippen LogP contribution in [-0.4, -0.2) is 39.9 Å². The Balaban J connectivity index is 1.17. The first-order valence-electron chi connectivity index (χ1n) is 12.9. The normalized spacial score (nSPS) is 31.9. The third-order valence-corrected chi connectivity index (χ3v) is 12.0. The van der Waals surface area contributed by atoms with E-state index in [0.717, 1.165) is 23.2 Å². The Bertz CT molecular complexity index is 1340. The number of hydrogen-bond acceptors (Lipinski definition) is 5. The summed E-state index contributed by atoms with van der Waals surface area (Å²) in [5, 5.41) is 0. The van der Waals surface area contributed by atoms with Crippen LogP contribution in [0.2, 0.25) is 0 Å². The van der Waals surface area contributed by atoms with Gasteiger partial charge in [0, 0.05) is 28.3 Å². The van der Waals surface area contributed by atoms with Crippen molar-refractivity contribution in [3.05, 3.63) is 53.1 Å². The molecule has 0 aromatic heterocycles. The molecule has 4 fully saturated rings. The highest BCUT2D eigenvalue weighted by Crippen LogP contribution is 2.60. The summed E-state index contributed by atoms with van der Waals surface area (Å²) in [7, 11) is 0. The molecule has 3 amide bonds. The quantitative estimate of drug-likeness (QED) is 0.206. The van der Waals surface area contributed by atoms with E-state index in [1.165, 1.54) is 4.90 Å². The van der Waals surface area contributed by atoms with E-state index in [4.69, 9.17) is 4.74 Å². The van der Waals surface area contributed by atoms with Crippen LogP contribution in [0.25, 0.3) is 0 Å². The van der Waals surface area contributed by atoms with Gasteiger partial charge in [0.05, 0.1) is 23.4 Å². The Hall–Kier alpha value is -2.52. The van der Waals surface area contributed by atoms with E-state index in [2.05, 4.69) is 31.9 Å². The van der Waals surface area contributed by atoms with Gasteiger partial charge in [-0.3, -0.25) is 19.2 Å². The molecule has 0 unspecified atom stereocenters. The number of esters is 1. The lowest BCUT2D eigenvalue weighted by Crippen LogP contribution is -2.37. The molecule has 2 aromatic rings. The Labute approximate surface area is 238 Å². The first kappa shape index (κ1) is 25.7. The van der Waals surface area contributed by atoms with Crippen molar-refractivity contribution in [1.82, 2.24) is 0 Å². The molecule has 2 aliphatic heterocycles. The summed E-state index contributed by atoms with van der Waals surface area (Å²) in [6.45, 7) is 5.98. The highest BCUT2D eigenvalue weighted by atomic mass is 79.9. The lowest BCUT2D eigenvalue weighted by Gasteiger charge is -2.28. The van der Waals surface area contributed by atoms with Crippen LogP contribution >= 0.6 is 31.9 Å². The SMILES string of the molecule is Cc1cc(OC(=O)[C@@H]2CC(=O)N(c3c(C)cccc3C)C2)ccc1N1C(=O)[C@@H]2[C@H]3C[C@@H]([C@H](Br)[C@H]3Br)[C@@H]2C1=O. The summed E-state index contributed by atoms with van der Waals surface area (Å²) >= 11 is 7.44. The molecule has 2 heterocycles. The van der Waals surface area contributed by atoms with E-state index in [-0.39, 0.29) is 64.0 Å². The molecule has 198 valence electrons. The number of rotatable bonds is 4. The Morgan fingerprint density at radius 2 is 1.50 bits per heavy atom. The van der Waals surface area contributed by atoms with E-state index in [0.29, 0.717) is 17.0 Å². The third kappa shape index (κ3) is 3.79. The van der Waals surface area contributed by atoms with Crippen molar-refractivity contribution in [2.24, 2.45) is 29.6 Å². The maximum atomic E-state index is 13.4. The monoisotopic (exact) mass is 642 g/mol. The molecule has 2 bridgehead atoms. The van der Waals surface area contributed by atoms with Crippen LogP contribution in [0.3, 0.4) is 0 Å². The van der Waals surface area contributed by atoms with Crippen LogP contribution in [-0.2, 0) is 19.2 Å². The lowest BCUT2D eigenvalue weighted by molar-refractivity contribution is -0.139. The van der Waals surface area contributed by atoms with Gasteiger partial charge in [-0.1, -0.05) is 50.1 Å². The number of anilines is 2. The molecule has 7 nitrogen and oxygen atoms in total. The predicted molar refractivity (Wildman–Crippen MR) is 150 cm³/mol. The maximum absolute atomic E-state index is 13.4. The highest BCUT2D eigenvalue weighted by molar-refractivity contribution is 9.12. The summed E-state index contributed by atoms with van der Waals surface area (Å²) < 4.78 is 5.67. The number of aryl methyl sites for hydroxylation is 3. The number of imide groups is 1. The number of ether oxygens (including phenoxy) is 1. The Kier molecular flexibility index (Phi) is 6.30. The molecule has 7 atom stereocenters. The average Bonchev–Trinajstić information content (AvgIpc) is 3.58. The Morgan fingerprint density at radius 1 is 0.895 bits per heavy atom. The van der Waals surface area contributed by atoms with Crippen molar-refractivity contribution in [3.63, 3.8) is 0 Å². The summed E-state index contributed by atoms with van der Waals surface area (Å²) in [5.74, 6) is -1.38. The van der Waals surface area contributed by atoms with Gasteiger partial charge in [0.15, 0.2) is 0 Å². The fraction of sp³-hybridized carbons (Fsp3) is 0.448. The smallest absolute Gasteiger partial charge is 0.316 e. The fourth-order valence-electron chi connectivity index (χ4n) is 7.04. The lowest BCUT2D eigenvalue weighted by atomic mass is 9.81. The van der Waals surface area contributed by atoms with Crippen LogP contribution in [0.1, 0.15) is 29.5 Å². The first-order valence-corrected chi connectivity index (χ1v) is 14.8. The number of halogens is 2. The van der Waals surface area contributed by atoms with Crippen LogP contribution in [0.5, 0.6) is 5.75 Å². The molecule has 2 aliphatic carbocycles. The van der Waals surface area contributed by atoms with Gasteiger partial charge in [0.25, 0.3) is 0 Å². The topological polar surface area (TPSA) is 84.0 Å². The molecule has 0 spiro atoms. The van der Waals surface area contributed by atoms with Crippen LogP contribution in [0, 0.1) is 50.4 Å². The molecule has 6 rings (SSSR count). The number of benzene rings is 2. The van der Waals surface area contributed by atoms with Crippen molar-refractivity contribution in [1.29, 1.82) is 0 Å². The maximum Gasteiger partial charge on any atom is 0.316 e. The highest BCUT2D eigenvalue weighted by Gasteiger charge is 2.66. The summed E-state index contributed by atoms with van der Waals surface area (Å²) in [4.78, 5) is 56.0. The largest absolute Gasteiger partial charge is 0.426 e.